The number of carbonyl (C=O) groups is 1. The summed E-state index contributed by atoms with van der Waals surface area (Å²) in [5, 5.41) is 2.91. The van der Waals surface area contributed by atoms with E-state index in [2.05, 4.69) is 10.3 Å². The molecule has 0 bridgehead atoms. The minimum atomic E-state index is -0.167. The maximum Gasteiger partial charge on any atom is 0.272 e. The smallest absolute Gasteiger partial charge is 0.272 e. The molecule has 0 saturated heterocycles. The number of carbonyl (C=O) groups excluding carboxylic acids is 1. The summed E-state index contributed by atoms with van der Waals surface area (Å²) in [6, 6.07) is 9.51. The molecule has 31 heavy (non-hydrogen) atoms. The highest BCUT2D eigenvalue weighted by atomic mass is 16.5. The van der Waals surface area contributed by atoms with E-state index in [0.29, 0.717) is 36.9 Å². The molecule has 0 unspecified atom stereocenters. The first-order chi connectivity index (χ1) is 14.8. The Labute approximate surface area is 182 Å². The van der Waals surface area contributed by atoms with Crippen LogP contribution in [0.5, 0.6) is 11.5 Å². The maximum absolute atomic E-state index is 12.7. The van der Waals surface area contributed by atoms with Crippen LogP contribution in [0.25, 0.3) is 11.0 Å². The van der Waals surface area contributed by atoms with Gasteiger partial charge < -0.3 is 19.4 Å². The summed E-state index contributed by atoms with van der Waals surface area (Å²) in [7, 11) is 1.59. The predicted octanol–water partition coefficient (Wildman–Crippen LogP) is 3.44. The van der Waals surface area contributed by atoms with Crippen LogP contribution < -0.4 is 20.3 Å². The van der Waals surface area contributed by atoms with Crippen LogP contribution in [0.1, 0.15) is 35.7 Å². The summed E-state index contributed by atoms with van der Waals surface area (Å²) >= 11 is 0. The summed E-state index contributed by atoms with van der Waals surface area (Å²) in [6.07, 6.45) is 0.194. The number of nitrogens with zero attached hydrogens (tertiary/aromatic N) is 2. The van der Waals surface area contributed by atoms with Gasteiger partial charge in [-0.25, -0.2) is 4.98 Å². The third-order valence-electron chi connectivity index (χ3n) is 5.30. The van der Waals surface area contributed by atoms with Crippen LogP contribution in [-0.2, 0) is 17.9 Å². The first-order valence-electron chi connectivity index (χ1n) is 10.4. The number of fused-ring (bicyclic) bond motifs is 1. The molecule has 1 amide bonds. The third-order valence-corrected chi connectivity index (χ3v) is 5.30. The number of methoxy groups -OCH3 is 1. The normalized spacial score (nSPS) is 10.9. The van der Waals surface area contributed by atoms with E-state index in [9.17, 15) is 9.59 Å². The lowest BCUT2D eigenvalue weighted by Crippen LogP contribution is -2.29. The number of rotatable bonds is 8. The number of amides is 1. The van der Waals surface area contributed by atoms with Crippen LogP contribution in [0.3, 0.4) is 0 Å². The van der Waals surface area contributed by atoms with Crippen LogP contribution >= 0.6 is 0 Å². The summed E-state index contributed by atoms with van der Waals surface area (Å²) in [6.45, 7) is 8.81. The second-order valence-electron chi connectivity index (χ2n) is 7.52. The van der Waals surface area contributed by atoms with Crippen LogP contribution in [0.4, 0.5) is 0 Å². The third kappa shape index (κ3) is 5.05. The fourth-order valence-corrected chi connectivity index (χ4v) is 3.45. The molecule has 2 aromatic carbocycles. The zero-order valence-corrected chi connectivity index (χ0v) is 18.7. The van der Waals surface area contributed by atoms with Crippen molar-refractivity contribution in [1.29, 1.82) is 0 Å². The monoisotopic (exact) mass is 423 g/mol. The molecule has 1 N–H and O–H groups in total. The maximum atomic E-state index is 12.7. The Balaban J connectivity index is 1.71. The molecule has 0 atom stereocenters. The quantitative estimate of drug-likeness (QED) is 0.600. The molecule has 0 spiro atoms. The zero-order valence-electron chi connectivity index (χ0n) is 18.7. The van der Waals surface area contributed by atoms with E-state index >= 15 is 0 Å². The molecule has 164 valence electrons. The van der Waals surface area contributed by atoms with Crippen LogP contribution in [-0.4, -0.2) is 29.2 Å². The van der Waals surface area contributed by atoms with Gasteiger partial charge >= 0.3 is 0 Å². The molecule has 0 fully saturated rings. The highest BCUT2D eigenvalue weighted by Crippen LogP contribution is 2.28. The Bertz CT molecular complexity index is 1170. The van der Waals surface area contributed by atoms with E-state index in [-0.39, 0.29) is 17.9 Å². The van der Waals surface area contributed by atoms with Crippen LogP contribution in [0, 0.1) is 20.8 Å². The molecular weight excluding hydrogens is 394 g/mol. The second-order valence-corrected chi connectivity index (χ2v) is 7.52. The van der Waals surface area contributed by atoms with E-state index in [1.54, 1.807) is 18.6 Å². The summed E-state index contributed by atoms with van der Waals surface area (Å²) < 4.78 is 12.5. The van der Waals surface area contributed by atoms with Crippen molar-refractivity contribution < 1.29 is 14.3 Å². The van der Waals surface area contributed by atoms with Gasteiger partial charge in [0.1, 0.15) is 5.69 Å². The van der Waals surface area contributed by atoms with Gasteiger partial charge in [-0.3, -0.25) is 9.59 Å². The Morgan fingerprint density at radius 1 is 1.10 bits per heavy atom. The summed E-state index contributed by atoms with van der Waals surface area (Å²) in [5.74, 6) is 1.17. The fraction of sp³-hybridized carbons (Fsp3) is 0.375. The number of hydrogen-bond donors (Lipinski definition) is 1. The fourth-order valence-electron chi connectivity index (χ4n) is 3.45. The molecule has 0 radical (unpaired) electrons. The van der Waals surface area contributed by atoms with Gasteiger partial charge in [-0.15, -0.1) is 0 Å². The Morgan fingerprint density at radius 3 is 2.55 bits per heavy atom. The molecule has 3 aromatic rings. The minimum Gasteiger partial charge on any atom is -0.493 e. The Kier molecular flexibility index (Phi) is 6.95. The van der Waals surface area contributed by atoms with E-state index in [0.717, 1.165) is 27.7 Å². The topological polar surface area (TPSA) is 82.5 Å². The lowest BCUT2D eigenvalue weighted by atomic mass is 10.1. The second kappa shape index (κ2) is 9.64. The van der Waals surface area contributed by atoms with Gasteiger partial charge in [0.25, 0.3) is 5.56 Å². The molecule has 3 rings (SSSR count). The predicted molar refractivity (Wildman–Crippen MR) is 121 cm³/mol. The zero-order chi connectivity index (χ0) is 22.5. The number of nitrogens with one attached hydrogen (secondary N) is 1. The van der Waals surface area contributed by atoms with Crippen molar-refractivity contribution in [2.75, 3.05) is 13.7 Å². The van der Waals surface area contributed by atoms with Gasteiger partial charge in [0, 0.05) is 19.5 Å². The Morgan fingerprint density at radius 2 is 1.84 bits per heavy atom. The molecule has 0 aliphatic heterocycles. The molecular formula is C24H29N3O4. The van der Waals surface area contributed by atoms with Gasteiger partial charge in [0.05, 0.1) is 24.8 Å². The number of hydrogen-bond acceptors (Lipinski definition) is 5. The van der Waals surface area contributed by atoms with E-state index in [1.165, 1.54) is 0 Å². The molecule has 0 aliphatic rings. The number of aromatic nitrogens is 2. The van der Waals surface area contributed by atoms with Gasteiger partial charge in [-0.05, 0) is 68.7 Å². The average molecular weight is 424 g/mol. The van der Waals surface area contributed by atoms with Crippen molar-refractivity contribution >= 4 is 16.9 Å². The van der Waals surface area contributed by atoms with E-state index in [4.69, 9.17) is 9.47 Å². The first kappa shape index (κ1) is 22.3. The average Bonchev–Trinajstić information content (AvgIpc) is 2.74. The van der Waals surface area contributed by atoms with Crippen molar-refractivity contribution in [3.05, 3.63) is 63.1 Å². The van der Waals surface area contributed by atoms with Gasteiger partial charge in [-0.1, -0.05) is 6.07 Å². The molecule has 0 aliphatic carbocycles. The molecule has 0 saturated carbocycles. The van der Waals surface area contributed by atoms with Crippen molar-refractivity contribution in [3.8, 4) is 11.5 Å². The lowest BCUT2D eigenvalue weighted by molar-refractivity contribution is -0.121. The largest absolute Gasteiger partial charge is 0.493 e. The highest BCUT2D eigenvalue weighted by Gasteiger charge is 2.12. The highest BCUT2D eigenvalue weighted by molar-refractivity contribution is 5.78. The van der Waals surface area contributed by atoms with Gasteiger partial charge in [0.15, 0.2) is 11.5 Å². The van der Waals surface area contributed by atoms with Crippen molar-refractivity contribution in [2.24, 2.45) is 0 Å². The van der Waals surface area contributed by atoms with Crippen LogP contribution in [0.2, 0.25) is 0 Å². The Hall–Kier alpha value is -3.35. The van der Waals surface area contributed by atoms with Crippen molar-refractivity contribution in [3.63, 3.8) is 0 Å². The molecule has 1 aromatic heterocycles. The number of aryl methyl sites for hydroxylation is 4. The van der Waals surface area contributed by atoms with Crippen molar-refractivity contribution in [1.82, 2.24) is 14.9 Å². The number of ether oxygens (including phenoxy) is 2. The van der Waals surface area contributed by atoms with Gasteiger partial charge in [0.2, 0.25) is 5.91 Å². The number of benzene rings is 2. The van der Waals surface area contributed by atoms with E-state index in [1.807, 2.05) is 51.1 Å². The van der Waals surface area contributed by atoms with Crippen LogP contribution in [0.15, 0.2) is 35.1 Å². The first-order valence-corrected chi connectivity index (χ1v) is 10.4. The summed E-state index contributed by atoms with van der Waals surface area (Å²) in [4.78, 5) is 29.6. The summed E-state index contributed by atoms with van der Waals surface area (Å²) in [5.41, 5.74) is 4.89. The standard InChI is InChI=1S/C24H29N3O4/c1-6-31-22-13-18(7-8-21(22)30-5)14-25-23(28)9-10-27-20-12-16(3)15(2)11-19(20)26-17(4)24(27)29/h7-8,11-13H,6,9-10,14H2,1-5H3,(H,25,28). The molecule has 1 heterocycles. The lowest BCUT2D eigenvalue weighted by Gasteiger charge is -2.14. The van der Waals surface area contributed by atoms with E-state index < -0.39 is 0 Å². The molecule has 7 nitrogen and oxygen atoms in total. The minimum absolute atomic E-state index is 0.132. The molecule has 7 heteroatoms. The SMILES string of the molecule is CCOc1cc(CNC(=O)CCn2c(=O)c(C)nc3cc(C)c(C)cc32)ccc1OC. The van der Waals surface area contributed by atoms with Gasteiger partial charge in [-0.2, -0.15) is 0 Å². The van der Waals surface area contributed by atoms with Crippen molar-refractivity contribution in [2.45, 2.75) is 47.2 Å².